The number of rotatable bonds is 5. The number of nitro benzene ring substituents is 1. The minimum absolute atomic E-state index is 0.105. The first-order valence-corrected chi connectivity index (χ1v) is 5.89. The zero-order valence-corrected chi connectivity index (χ0v) is 10.8. The second kappa shape index (κ2) is 6.10. The fourth-order valence-corrected chi connectivity index (χ4v) is 1.70. The Balaban J connectivity index is 2.95. The SMILES string of the molecule is CN(CCC(F)(F)F)c1ccc(CCl)cc1[N+](=O)[O-]. The Labute approximate surface area is 112 Å². The summed E-state index contributed by atoms with van der Waals surface area (Å²) in [4.78, 5) is 11.5. The Morgan fingerprint density at radius 3 is 2.53 bits per heavy atom. The topological polar surface area (TPSA) is 46.4 Å². The summed E-state index contributed by atoms with van der Waals surface area (Å²) in [5, 5.41) is 10.9. The molecule has 0 saturated carbocycles. The maximum Gasteiger partial charge on any atom is 0.390 e. The number of anilines is 1. The molecule has 4 nitrogen and oxygen atoms in total. The first-order valence-electron chi connectivity index (χ1n) is 5.36. The largest absolute Gasteiger partial charge is 0.390 e. The summed E-state index contributed by atoms with van der Waals surface area (Å²) in [7, 11) is 1.38. The lowest BCUT2D eigenvalue weighted by molar-refractivity contribution is -0.384. The molecule has 1 rings (SSSR count). The van der Waals surface area contributed by atoms with Gasteiger partial charge in [-0.25, -0.2) is 0 Å². The number of nitro groups is 1. The number of hydrogen-bond donors (Lipinski definition) is 0. The van der Waals surface area contributed by atoms with Crippen LogP contribution < -0.4 is 4.90 Å². The highest BCUT2D eigenvalue weighted by atomic mass is 35.5. The zero-order chi connectivity index (χ0) is 14.6. The van der Waals surface area contributed by atoms with E-state index in [1.165, 1.54) is 24.1 Å². The highest BCUT2D eigenvalue weighted by Crippen LogP contribution is 2.30. The van der Waals surface area contributed by atoms with E-state index in [9.17, 15) is 23.3 Å². The Hall–Kier alpha value is -1.50. The second-order valence-corrected chi connectivity index (χ2v) is 4.27. The van der Waals surface area contributed by atoms with E-state index in [1.54, 1.807) is 6.07 Å². The van der Waals surface area contributed by atoms with Gasteiger partial charge in [-0.15, -0.1) is 11.6 Å². The summed E-state index contributed by atoms with van der Waals surface area (Å²) in [6.07, 6.45) is -5.32. The quantitative estimate of drug-likeness (QED) is 0.472. The normalized spacial score (nSPS) is 11.4. The van der Waals surface area contributed by atoms with E-state index < -0.39 is 17.5 Å². The van der Waals surface area contributed by atoms with E-state index in [0.717, 1.165) is 0 Å². The summed E-state index contributed by atoms with van der Waals surface area (Å²) in [5.74, 6) is 0.105. The van der Waals surface area contributed by atoms with Crippen LogP contribution >= 0.6 is 11.6 Å². The predicted octanol–water partition coefficient (Wildman–Crippen LogP) is 3.72. The average Bonchev–Trinajstić information content (AvgIpc) is 2.34. The van der Waals surface area contributed by atoms with E-state index in [4.69, 9.17) is 11.6 Å². The highest BCUT2D eigenvalue weighted by Gasteiger charge is 2.28. The fourth-order valence-electron chi connectivity index (χ4n) is 1.54. The predicted molar refractivity (Wildman–Crippen MR) is 66.6 cm³/mol. The van der Waals surface area contributed by atoms with Gasteiger partial charge in [0.25, 0.3) is 5.69 Å². The van der Waals surface area contributed by atoms with Crippen molar-refractivity contribution in [1.29, 1.82) is 0 Å². The number of alkyl halides is 4. The minimum atomic E-state index is -4.29. The summed E-state index contributed by atoms with van der Waals surface area (Å²) < 4.78 is 36.4. The molecule has 1 aromatic rings. The van der Waals surface area contributed by atoms with Crippen molar-refractivity contribution in [2.24, 2.45) is 0 Å². The molecule has 0 radical (unpaired) electrons. The monoisotopic (exact) mass is 296 g/mol. The van der Waals surface area contributed by atoms with Crippen LogP contribution in [0.1, 0.15) is 12.0 Å². The molecule has 8 heteroatoms. The van der Waals surface area contributed by atoms with Gasteiger partial charge in [-0.1, -0.05) is 6.07 Å². The maximum atomic E-state index is 12.1. The van der Waals surface area contributed by atoms with Gasteiger partial charge in [-0.05, 0) is 11.6 Å². The van der Waals surface area contributed by atoms with Gasteiger partial charge in [0, 0.05) is 25.5 Å². The lowest BCUT2D eigenvalue weighted by atomic mass is 10.1. The van der Waals surface area contributed by atoms with Gasteiger partial charge in [-0.2, -0.15) is 13.2 Å². The van der Waals surface area contributed by atoms with Gasteiger partial charge >= 0.3 is 6.18 Å². The van der Waals surface area contributed by atoms with Gasteiger partial charge in [0.1, 0.15) is 5.69 Å². The molecule has 0 amide bonds. The van der Waals surface area contributed by atoms with Crippen LogP contribution in [0.5, 0.6) is 0 Å². The zero-order valence-electron chi connectivity index (χ0n) is 10.1. The molecule has 0 heterocycles. The molecule has 0 unspecified atom stereocenters. The lowest BCUT2D eigenvalue weighted by Gasteiger charge is -2.20. The number of hydrogen-bond acceptors (Lipinski definition) is 3. The van der Waals surface area contributed by atoms with Crippen molar-refractivity contribution in [3.8, 4) is 0 Å². The molecule has 0 N–H and O–H groups in total. The van der Waals surface area contributed by atoms with Crippen molar-refractivity contribution in [1.82, 2.24) is 0 Å². The minimum Gasteiger partial charge on any atom is -0.369 e. The molecule has 0 fully saturated rings. The van der Waals surface area contributed by atoms with Gasteiger partial charge in [0.05, 0.1) is 11.3 Å². The van der Waals surface area contributed by atoms with Gasteiger partial charge in [0.2, 0.25) is 0 Å². The van der Waals surface area contributed by atoms with Crippen LogP contribution in [0.25, 0.3) is 0 Å². The van der Waals surface area contributed by atoms with Crippen molar-refractivity contribution < 1.29 is 18.1 Å². The van der Waals surface area contributed by atoms with E-state index in [2.05, 4.69) is 0 Å². The molecule has 0 bridgehead atoms. The Morgan fingerprint density at radius 2 is 2.05 bits per heavy atom. The molecule has 1 aromatic carbocycles. The molecule has 19 heavy (non-hydrogen) atoms. The molecule has 0 atom stereocenters. The standard InChI is InChI=1S/C11H12ClF3N2O2/c1-16(5-4-11(13,14)15)9-3-2-8(7-12)6-10(9)17(18)19/h2-3,6H,4-5,7H2,1H3. The summed E-state index contributed by atoms with van der Waals surface area (Å²) in [5.41, 5.74) is 0.437. The summed E-state index contributed by atoms with van der Waals surface area (Å²) in [6, 6.07) is 4.23. The first kappa shape index (κ1) is 15.6. The third-order valence-electron chi connectivity index (χ3n) is 2.53. The molecule has 106 valence electrons. The Kier molecular flexibility index (Phi) is 4.99. The van der Waals surface area contributed by atoms with Crippen molar-refractivity contribution in [3.63, 3.8) is 0 Å². The average molecular weight is 297 g/mol. The fraction of sp³-hybridized carbons (Fsp3) is 0.455. The molecular formula is C11H12ClF3N2O2. The van der Waals surface area contributed by atoms with Gasteiger partial charge < -0.3 is 4.90 Å². The van der Waals surface area contributed by atoms with Crippen LogP contribution in [0.15, 0.2) is 18.2 Å². The van der Waals surface area contributed by atoms with E-state index >= 15 is 0 Å². The maximum absolute atomic E-state index is 12.1. The van der Waals surface area contributed by atoms with Crippen LogP contribution in [-0.2, 0) is 5.88 Å². The Bertz CT molecular complexity index is 466. The smallest absolute Gasteiger partial charge is 0.369 e. The van der Waals surface area contributed by atoms with E-state index in [0.29, 0.717) is 5.56 Å². The number of halogens is 4. The van der Waals surface area contributed by atoms with Crippen LogP contribution in [0.4, 0.5) is 24.5 Å². The van der Waals surface area contributed by atoms with Crippen molar-refractivity contribution in [2.75, 3.05) is 18.5 Å². The first-order chi connectivity index (χ1) is 8.74. The molecular weight excluding hydrogens is 285 g/mol. The van der Waals surface area contributed by atoms with Crippen LogP contribution in [0.3, 0.4) is 0 Å². The van der Waals surface area contributed by atoms with Crippen LogP contribution in [-0.4, -0.2) is 24.7 Å². The van der Waals surface area contributed by atoms with Crippen molar-refractivity contribution in [2.45, 2.75) is 18.5 Å². The Morgan fingerprint density at radius 1 is 1.42 bits per heavy atom. The van der Waals surface area contributed by atoms with Crippen molar-refractivity contribution >= 4 is 23.0 Å². The van der Waals surface area contributed by atoms with Crippen LogP contribution in [0, 0.1) is 10.1 Å². The van der Waals surface area contributed by atoms with Gasteiger partial charge in [0.15, 0.2) is 0 Å². The summed E-state index contributed by atoms with van der Waals surface area (Å²) in [6.45, 7) is -0.343. The third kappa shape index (κ3) is 4.59. The van der Waals surface area contributed by atoms with E-state index in [-0.39, 0.29) is 23.8 Å². The third-order valence-corrected chi connectivity index (χ3v) is 2.84. The molecule has 0 aliphatic heterocycles. The van der Waals surface area contributed by atoms with Crippen LogP contribution in [0.2, 0.25) is 0 Å². The lowest BCUT2D eigenvalue weighted by Crippen LogP contribution is -2.24. The molecule has 0 spiro atoms. The molecule has 0 saturated heterocycles. The summed E-state index contributed by atoms with van der Waals surface area (Å²) >= 11 is 5.57. The molecule has 0 aromatic heterocycles. The number of benzene rings is 1. The highest BCUT2D eigenvalue weighted by molar-refractivity contribution is 6.17. The number of nitrogens with zero attached hydrogens (tertiary/aromatic N) is 2. The second-order valence-electron chi connectivity index (χ2n) is 4.00. The van der Waals surface area contributed by atoms with Gasteiger partial charge in [-0.3, -0.25) is 10.1 Å². The van der Waals surface area contributed by atoms with E-state index in [1.807, 2.05) is 0 Å². The van der Waals surface area contributed by atoms with Crippen molar-refractivity contribution in [3.05, 3.63) is 33.9 Å². The molecule has 0 aliphatic carbocycles. The molecule has 0 aliphatic rings.